The van der Waals surface area contributed by atoms with Gasteiger partial charge in [-0.25, -0.2) is 0 Å². The second kappa shape index (κ2) is 17.4. The van der Waals surface area contributed by atoms with E-state index >= 15 is 0 Å². The highest BCUT2D eigenvalue weighted by Gasteiger charge is 2.38. The third kappa shape index (κ3) is 6.98. The molecule has 12 aromatic carbocycles. The number of fused-ring (bicyclic) bond motifs is 12. The van der Waals surface area contributed by atoms with Crippen LogP contribution in [0.3, 0.4) is 0 Å². The van der Waals surface area contributed by atoms with E-state index in [1.165, 1.54) is 144 Å². The van der Waals surface area contributed by atoms with Gasteiger partial charge >= 0.3 is 0 Å². The van der Waals surface area contributed by atoms with E-state index in [0.717, 1.165) is 11.4 Å². The summed E-state index contributed by atoms with van der Waals surface area (Å²) in [6, 6.07) is 100. The van der Waals surface area contributed by atoms with Gasteiger partial charge in [-0.3, -0.25) is 0 Å². The van der Waals surface area contributed by atoms with Crippen LogP contribution in [0.1, 0.15) is 49.9 Å². The van der Waals surface area contributed by atoms with Gasteiger partial charge in [-0.05, 0) is 185 Å². The van der Waals surface area contributed by atoms with Crippen molar-refractivity contribution in [2.24, 2.45) is 0 Å². The zero-order valence-corrected chi connectivity index (χ0v) is 45.3. The van der Waals surface area contributed by atoms with E-state index in [9.17, 15) is 0 Å². The summed E-state index contributed by atoms with van der Waals surface area (Å²) in [5, 5.41) is 4.97. The molecule has 0 atom stereocenters. The molecule has 2 heteroatoms. The predicted octanol–water partition coefficient (Wildman–Crippen LogP) is 20.8. The van der Waals surface area contributed by atoms with Gasteiger partial charge < -0.3 is 9.13 Å². The molecule has 0 saturated heterocycles. The summed E-state index contributed by atoms with van der Waals surface area (Å²) in [5.74, 6) is 0. The second-order valence-electron chi connectivity index (χ2n) is 23.3. The maximum atomic E-state index is 2.54. The van der Waals surface area contributed by atoms with Crippen molar-refractivity contribution in [2.45, 2.75) is 38.5 Å². The molecule has 0 amide bonds. The quantitative estimate of drug-likeness (QED) is 0.151. The SMILES string of the molecule is CC1(C)c2ccccc2-c2cc3c4cc(-c5ccc6c(c5)c5cc7c(cc5n6-c5cc(-c6ccccc6)cc(-c6ccccc6)c5)C(C)(C)c5ccccc5-7)ccc4n(-c4cc(-c5ccccc5)cc(-c5ccccc5)c4)c3cc21. The Bertz CT molecular complexity index is 4420. The number of rotatable bonds is 7. The maximum absolute atomic E-state index is 2.54. The number of aromatic nitrogens is 2. The maximum Gasteiger partial charge on any atom is 0.0544 e. The van der Waals surface area contributed by atoms with Gasteiger partial charge in [0, 0.05) is 43.7 Å². The number of hydrogen-bond donors (Lipinski definition) is 0. The van der Waals surface area contributed by atoms with Crippen molar-refractivity contribution >= 4 is 43.6 Å². The fourth-order valence-electron chi connectivity index (χ4n) is 14.0. The van der Waals surface area contributed by atoms with E-state index in [4.69, 9.17) is 0 Å². The average molecular weight is 1020 g/mol. The van der Waals surface area contributed by atoms with Crippen LogP contribution < -0.4 is 0 Å². The zero-order chi connectivity index (χ0) is 53.4. The Morgan fingerprint density at radius 3 is 0.875 bits per heavy atom. The van der Waals surface area contributed by atoms with E-state index in [2.05, 4.69) is 304 Å². The molecule has 0 saturated carbocycles. The van der Waals surface area contributed by atoms with Crippen LogP contribution in [0.2, 0.25) is 0 Å². The molecule has 80 heavy (non-hydrogen) atoms. The van der Waals surface area contributed by atoms with Gasteiger partial charge in [-0.15, -0.1) is 0 Å². The molecular weight excluding hydrogens is 965 g/mol. The van der Waals surface area contributed by atoms with Crippen molar-refractivity contribution in [1.82, 2.24) is 9.13 Å². The first-order valence-corrected chi connectivity index (χ1v) is 28.1. The Hall–Kier alpha value is -9.76. The van der Waals surface area contributed by atoms with Crippen molar-refractivity contribution in [3.8, 4) is 89.3 Å². The molecule has 0 bridgehead atoms. The van der Waals surface area contributed by atoms with E-state index in [-0.39, 0.29) is 10.8 Å². The molecule has 2 heterocycles. The molecule has 14 aromatic rings. The number of hydrogen-bond acceptors (Lipinski definition) is 0. The molecule has 0 N–H and O–H groups in total. The van der Waals surface area contributed by atoms with Crippen molar-refractivity contribution in [2.75, 3.05) is 0 Å². The van der Waals surface area contributed by atoms with Crippen LogP contribution in [0.4, 0.5) is 0 Å². The van der Waals surface area contributed by atoms with Gasteiger partial charge in [0.15, 0.2) is 0 Å². The van der Waals surface area contributed by atoms with Crippen molar-refractivity contribution in [3.05, 3.63) is 289 Å². The first-order chi connectivity index (χ1) is 39.2. The Balaban J connectivity index is 0.947. The predicted molar refractivity (Wildman–Crippen MR) is 337 cm³/mol. The summed E-state index contributed by atoms with van der Waals surface area (Å²) in [7, 11) is 0. The monoisotopic (exact) mass is 1020 g/mol. The van der Waals surface area contributed by atoms with Crippen LogP contribution in [-0.4, -0.2) is 9.13 Å². The van der Waals surface area contributed by atoms with Gasteiger partial charge in [0.25, 0.3) is 0 Å². The Kier molecular flexibility index (Phi) is 10.1. The zero-order valence-electron chi connectivity index (χ0n) is 45.3. The summed E-state index contributed by atoms with van der Waals surface area (Å²) in [6.07, 6.45) is 0. The summed E-state index contributed by atoms with van der Waals surface area (Å²) in [5.41, 5.74) is 29.5. The van der Waals surface area contributed by atoms with Gasteiger partial charge in [0.2, 0.25) is 0 Å². The average Bonchev–Trinajstić information content (AvgIpc) is 4.34. The number of benzene rings is 12. The van der Waals surface area contributed by atoms with Gasteiger partial charge in [0.1, 0.15) is 0 Å². The van der Waals surface area contributed by atoms with Crippen molar-refractivity contribution < 1.29 is 0 Å². The largest absolute Gasteiger partial charge is 0.309 e. The fraction of sp³-hybridized carbons (Fsp3) is 0.0769. The molecule has 0 unspecified atom stereocenters. The molecule has 0 spiro atoms. The molecule has 2 nitrogen and oxygen atoms in total. The standard InChI is InChI=1S/C78H56N2/c1-77(2)69-31-19-17-29-61(69)63-45-67-65-43-53(33-35-73(65)79(75(67)47-71(63)77)59-39-55(49-21-9-5-10-22-49)37-56(40-59)50-23-11-6-12-24-50)54-34-36-74-66(44-54)68-46-64-62-30-18-20-32-70(62)78(3,4)72(64)48-76(68)80(74)60-41-57(51-25-13-7-14-26-51)38-58(42-60)52-27-15-8-16-28-52/h5-48H,1-4H3. The highest BCUT2D eigenvalue weighted by Crippen LogP contribution is 2.53. The van der Waals surface area contributed by atoms with E-state index in [1.807, 2.05) is 0 Å². The minimum atomic E-state index is -0.161. The number of nitrogens with zero attached hydrogens (tertiary/aromatic N) is 2. The Labute approximate surface area is 467 Å². The van der Waals surface area contributed by atoms with Crippen LogP contribution in [0.5, 0.6) is 0 Å². The van der Waals surface area contributed by atoms with Gasteiger partial charge in [-0.1, -0.05) is 210 Å². The van der Waals surface area contributed by atoms with Crippen LogP contribution in [0, 0.1) is 0 Å². The van der Waals surface area contributed by atoms with Crippen LogP contribution in [0.15, 0.2) is 267 Å². The molecule has 2 aliphatic carbocycles. The lowest BCUT2D eigenvalue weighted by molar-refractivity contribution is 0.661. The van der Waals surface area contributed by atoms with Crippen LogP contribution in [0.25, 0.3) is 133 Å². The lowest BCUT2D eigenvalue weighted by atomic mass is 9.82. The van der Waals surface area contributed by atoms with Crippen molar-refractivity contribution in [1.29, 1.82) is 0 Å². The minimum Gasteiger partial charge on any atom is -0.309 e. The lowest BCUT2D eigenvalue weighted by Crippen LogP contribution is -2.15. The fourth-order valence-corrected chi connectivity index (χ4v) is 14.0. The molecule has 378 valence electrons. The third-order valence-corrected chi connectivity index (χ3v) is 18.1. The molecular formula is C78H56N2. The molecule has 16 rings (SSSR count). The second-order valence-corrected chi connectivity index (χ2v) is 23.3. The van der Waals surface area contributed by atoms with E-state index in [1.54, 1.807) is 0 Å². The van der Waals surface area contributed by atoms with E-state index < -0.39 is 0 Å². The van der Waals surface area contributed by atoms with Crippen LogP contribution >= 0.6 is 0 Å². The third-order valence-electron chi connectivity index (χ3n) is 18.1. The highest BCUT2D eigenvalue weighted by molar-refractivity contribution is 6.15. The van der Waals surface area contributed by atoms with Crippen LogP contribution in [-0.2, 0) is 10.8 Å². The molecule has 0 fully saturated rings. The summed E-state index contributed by atoms with van der Waals surface area (Å²) >= 11 is 0. The Morgan fingerprint density at radius 2 is 0.525 bits per heavy atom. The topological polar surface area (TPSA) is 9.86 Å². The highest BCUT2D eigenvalue weighted by atomic mass is 15.0. The summed E-state index contributed by atoms with van der Waals surface area (Å²) < 4.78 is 5.08. The summed E-state index contributed by atoms with van der Waals surface area (Å²) in [6.45, 7) is 9.56. The van der Waals surface area contributed by atoms with Crippen molar-refractivity contribution in [3.63, 3.8) is 0 Å². The minimum absolute atomic E-state index is 0.161. The Morgan fingerprint density at radius 1 is 0.212 bits per heavy atom. The lowest BCUT2D eigenvalue weighted by Gasteiger charge is -2.22. The molecule has 0 radical (unpaired) electrons. The van der Waals surface area contributed by atoms with Gasteiger partial charge in [0.05, 0.1) is 22.1 Å². The first kappa shape index (κ1) is 46.3. The molecule has 2 aromatic heterocycles. The molecule has 2 aliphatic rings. The molecule has 0 aliphatic heterocycles. The normalized spacial score (nSPS) is 13.7. The van der Waals surface area contributed by atoms with E-state index in [0.29, 0.717) is 0 Å². The van der Waals surface area contributed by atoms with Gasteiger partial charge in [-0.2, -0.15) is 0 Å². The summed E-state index contributed by atoms with van der Waals surface area (Å²) in [4.78, 5) is 0. The first-order valence-electron chi connectivity index (χ1n) is 28.1. The smallest absolute Gasteiger partial charge is 0.0544 e.